The Hall–Kier alpha value is -2.61. The third kappa shape index (κ3) is 3.48. The number of rotatable bonds is 3. The standard InChI is InChI=1S/C15H11ClF3N5/c16-12-7-11(21-14(20)22-12)13-10(6-9-4-2-1-3-5-9)8-24(23-13)15(17,18)19/h1-5,7-8H,6H2,(H2,20,21,22). The van der Waals surface area contributed by atoms with Crippen LogP contribution < -0.4 is 5.73 Å². The van der Waals surface area contributed by atoms with Crippen LogP contribution in [0, 0.1) is 0 Å². The van der Waals surface area contributed by atoms with Crippen LogP contribution in [0.1, 0.15) is 11.1 Å². The minimum absolute atomic E-state index is 0.0321. The van der Waals surface area contributed by atoms with E-state index in [0.717, 1.165) is 11.8 Å². The van der Waals surface area contributed by atoms with Crippen LogP contribution in [-0.4, -0.2) is 19.7 Å². The Morgan fingerprint density at radius 1 is 1.12 bits per heavy atom. The molecule has 0 atom stereocenters. The molecule has 0 amide bonds. The largest absolute Gasteiger partial charge is 0.504 e. The Bertz CT molecular complexity index is 841. The molecule has 0 saturated heterocycles. The lowest BCUT2D eigenvalue weighted by atomic mass is 10.0. The molecule has 1 aromatic carbocycles. The number of hydrogen-bond donors (Lipinski definition) is 1. The van der Waals surface area contributed by atoms with Crippen molar-refractivity contribution >= 4 is 17.5 Å². The van der Waals surface area contributed by atoms with Crippen LogP contribution >= 0.6 is 11.6 Å². The fourth-order valence-electron chi connectivity index (χ4n) is 2.26. The van der Waals surface area contributed by atoms with Crippen LogP contribution in [0.15, 0.2) is 42.6 Å². The minimum Gasteiger partial charge on any atom is -0.368 e. The summed E-state index contributed by atoms with van der Waals surface area (Å²) >= 11 is 5.82. The van der Waals surface area contributed by atoms with Crippen LogP contribution in [0.25, 0.3) is 11.4 Å². The molecule has 124 valence electrons. The van der Waals surface area contributed by atoms with E-state index in [1.807, 2.05) is 30.3 Å². The van der Waals surface area contributed by atoms with Crippen LogP contribution in [-0.2, 0) is 12.7 Å². The predicted octanol–water partition coefficient (Wildman–Crippen LogP) is 3.64. The molecule has 9 heteroatoms. The van der Waals surface area contributed by atoms with Gasteiger partial charge >= 0.3 is 6.30 Å². The SMILES string of the molecule is Nc1nc(Cl)cc(-c2nn(C(F)(F)F)cc2Cc2ccccc2)n1. The van der Waals surface area contributed by atoms with Gasteiger partial charge in [-0.2, -0.15) is 9.78 Å². The van der Waals surface area contributed by atoms with Gasteiger partial charge in [0.1, 0.15) is 10.8 Å². The fourth-order valence-corrected chi connectivity index (χ4v) is 2.45. The van der Waals surface area contributed by atoms with Crippen molar-refractivity contribution in [2.75, 3.05) is 5.73 Å². The third-order valence-corrected chi connectivity index (χ3v) is 3.44. The van der Waals surface area contributed by atoms with Gasteiger partial charge in [0, 0.05) is 24.2 Å². The summed E-state index contributed by atoms with van der Waals surface area (Å²) in [5.74, 6) is -0.135. The normalized spacial score (nSPS) is 11.7. The summed E-state index contributed by atoms with van der Waals surface area (Å²) in [7, 11) is 0. The van der Waals surface area contributed by atoms with Gasteiger partial charge in [-0.25, -0.2) is 9.97 Å². The molecule has 0 fully saturated rings. The van der Waals surface area contributed by atoms with Crippen molar-refractivity contribution in [3.63, 3.8) is 0 Å². The average molecular weight is 354 g/mol. The molecule has 0 aliphatic heterocycles. The molecule has 0 spiro atoms. The van der Waals surface area contributed by atoms with E-state index in [9.17, 15) is 13.2 Å². The van der Waals surface area contributed by atoms with Gasteiger partial charge in [-0.15, -0.1) is 13.2 Å². The summed E-state index contributed by atoms with van der Waals surface area (Å²) < 4.78 is 39.0. The van der Waals surface area contributed by atoms with E-state index in [1.54, 1.807) is 0 Å². The smallest absolute Gasteiger partial charge is 0.368 e. The molecule has 0 saturated carbocycles. The highest BCUT2D eigenvalue weighted by atomic mass is 35.5. The Morgan fingerprint density at radius 3 is 2.46 bits per heavy atom. The van der Waals surface area contributed by atoms with Crippen LogP contribution in [0.4, 0.5) is 19.1 Å². The van der Waals surface area contributed by atoms with E-state index in [-0.39, 0.29) is 33.6 Å². The zero-order valence-electron chi connectivity index (χ0n) is 12.1. The lowest BCUT2D eigenvalue weighted by Crippen LogP contribution is -2.17. The minimum atomic E-state index is -4.63. The summed E-state index contributed by atoms with van der Waals surface area (Å²) in [6.45, 7) is 0. The molecule has 0 unspecified atom stereocenters. The van der Waals surface area contributed by atoms with Crippen molar-refractivity contribution in [3.8, 4) is 11.4 Å². The molecule has 24 heavy (non-hydrogen) atoms. The maximum atomic E-state index is 13.0. The maximum Gasteiger partial charge on any atom is 0.504 e. The summed E-state index contributed by atoms with van der Waals surface area (Å²) in [6, 6.07) is 10.4. The second kappa shape index (κ2) is 6.12. The van der Waals surface area contributed by atoms with Crippen LogP contribution in [0.5, 0.6) is 0 Å². The lowest BCUT2D eigenvalue weighted by Gasteiger charge is -2.04. The molecule has 2 aromatic heterocycles. The molecule has 3 rings (SSSR count). The number of hydrogen-bond acceptors (Lipinski definition) is 4. The number of halogens is 4. The summed E-state index contributed by atoms with van der Waals surface area (Å²) in [6.07, 6.45) is -3.44. The number of benzene rings is 1. The predicted molar refractivity (Wildman–Crippen MR) is 83.2 cm³/mol. The van der Waals surface area contributed by atoms with Crippen LogP contribution in [0.2, 0.25) is 5.15 Å². The van der Waals surface area contributed by atoms with Crippen molar-refractivity contribution in [2.24, 2.45) is 0 Å². The molecule has 0 aliphatic carbocycles. The first-order valence-corrected chi connectivity index (χ1v) is 7.21. The Kier molecular flexibility index (Phi) is 4.15. The number of alkyl halides is 3. The molecular weight excluding hydrogens is 343 g/mol. The van der Waals surface area contributed by atoms with E-state index >= 15 is 0 Å². The molecule has 5 nitrogen and oxygen atoms in total. The Labute approximate surface area is 139 Å². The quantitative estimate of drug-likeness (QED) is 0.730. The first kappa shape index (κ1) is 16.3. The van der Waals surface area contributed by atoms with Gasteiger partial charge in [0.2, 0.25) is 5.95 Å². The molecular formula is C15H11ClF3N5. The van der Waals surface area contributed by atoms with Crippen molar-refractivity contribution in [1.29, 1.82) is 0 Å². The molecule has 2 N–H and O–H groups in total. The van der Waals surface area contributed by atoms with E-state index in [4.69, 9.17) is 17.3 Å². The average Bonchev–Trinajstić information content (AvgIpc) is 2.91. The highest BCUT2D eigenvalue weighted by Crippen LogP contribution is 2.29. The molecule has 2 heterocycles. The third-order valence-electron chi connectivity index (χ3n) is 3.24. The van der Waals surface area contributed by atoms with E-state index in [2.05, 4.69) is 15.1 Å². The number of aromatic nitrogens is 4. The van der Waals surface area contributed by atoms with Crippen molar-refractivity contribution < 1.29 is 13.2 Å². The van der Waals surface area contributed by atoms with Crippen molar-refractivity contribution in [1.82, 2.24) is 19.7 Å². The van der Waals surface area contributed by atoms with E-state index in [1.165, 1.54) is 6.07 Å². The van der Waals surface area contributed by atoms with Gasteiger partial charge < -0.3 is 5.73 Å². The van der Waals surface area contributed by atoms with Gasteiger partial charge in [-0.3, -0.25) is 0 Å². The van der Waals surface area contributed by atoms with Crippen molar-refractivity contribution in [2.45, 2.75) is 12.7 Å². The zero-order chi connectivity index (χ0) is 17.3. The molecule has 3 aromatic rings. The number of nitrogens with zero attached hydrogens (tertiary/aromatic N) is 4. The first-order valence-electron chi connectivity index (χ1n) is 6.83. The molecule has 0 aliphatic rings. The summed E-state index contributed by atoms with van der Waals surface area (Å²) in [4.78, 5) is 7.65. The van der Waals surface area contributed by atoms with Gasteiger partial charge in [0.25, 0.3) is 0 Å². The van der Waals surface area contributed by atoms with Gasteiger partial charge in [0.15, 0.2) is 0 Å². The van der Waals surface area contributed by atoms with E-state index < -0.39 is 6.30 Å². The van der Waals surface area contributed by atoms with Gasteiger partial charge in [-0.05, 0) is 5.56 Å². The fraction of sp³-hybridized carbons (Fsp3) is 0.133. The summed E-state index contributed by atoms with van der Waals surface area (Å²) in [5, 5.41) is 3.65. The Balaban J connectivity index is 2.11. The molecule has 0 bridgehead atoms. The number of nitrogen functional groups attached to an aromatic ring is 1. The van der Waals surface area contributed by atoms with Crippen molar-refractivity contribution in [3.05, 3.63) is 58.9 Å². The first-order chi connectivity index (χ1) is 11.3. The Morgan fingerprint density at radius 2 is 1.83 bits per heavy atom. The van der Waals surface area contributed by atoms with Gasteiger partial charge in [-0.1, -0.05) is 41.9 Å². The zero-order valence-corrected chi connectivity index (χ0v) is 12.9. The highest BCUT2D eigenvalue weighted by Gasteiger charge is 2.33. The second-order valence-corrected chi connectivity index (χ2v) is 5.40. The number of nitrogens with two attached hydrogens (primary N) is 1. The molecule has 0 radical (unpaired) electrons. The second-order valence-electron chi connectivity index (χ2n) is 5.01. The van der Waals surface area contributed by atoms with Crippen LogP contribution in [0.3, 0.4) is 0 Å². The highest BCUT2D eigenvalue weighted by molar-refractivity contribution is 6.29. The topological polar surface area (TPSA) is 69.6 Å². The summed E-state index contributed by atoms with van der Waals surface area (Å²) in [5.41, 5.74) is 6.93. The van der Waals surface area contributed by atoms with E-state index in [0.29, 0.717) is 5.56 Å². The number of anilines is 1. The maximum absolute atomic E-state index is 13.0. The lowest BCUT2D eigenvalue weighted by molar-refractivity contribution is -0.212. The monoisotopic (exact) mass is 353 g/mol. The van der Waals surface area contributed by atoms with Gasteiger partial charge in [0.05, 0.1) is 5.69 Å².